The molecule has 2 atom stereocenters. The zero-order valence-electron chi connectivity index (χ0n) is 9.35. The van der Waals surface area contributed by atoms with E-state index in [1.807, 2.05) is 0 Å². The summed E-state index contributed by atoms with van der Waals surface area (Å²) in [6, 6.07) is 3.35. The number of rotatable bonds is 5. The first-order chi connectivity index (χ1) is 7.60. The number of hydrogen-bond acceptors (Lipinski definition) is 4. The van der Waals surface area contributed by atoms with Crippen molar-refractivity contribution in [3.05, 3.63) is 23.4 Å². The summed E-state index contributed by atoms with van der Waals surface area (Å²) in [5, 5.41) is 19.5. The van der Waals surface area contributed by atoms with Gasteiger partial charge in [-0.25, -0.2) is 4.98 Å². The number of aryl methyl sites for hydroxylation is 1. The molecule has 0 aliphatic carbocycles. The van der Waals surface area contributed by atoms with E-state index in [1.165, 1.54) is 7.11 Å². The molecule has 0 bridgehead atoms. The maximum absolute atomic E-state index is 9.88. The fourth-order valence-corrected chi connectivity index (χ4v) is 1.68. The second-order valence-electron chi connectivity index (χ2n) is 3.52. The smallest absolute Gasteiger partial charge is 0.213 e. The fourth-order valence-electron chi connectivity index (χ4n) is 1.45. The van der Waals surface area contributed by atoms with Crippen molar-refractivity contribution in [1.29, 1.82) is 0 Å². The van der Waals surface area contributed by atoms with Crippen LogP contribution in [-0.4, -0.2) is 34.3 Å². The molecule has 16 heavy (non-hydrogen) atoms. The first kappa shape index (κ1) is 13.2. The summed E-state index contributed by atoms with van der Waals surface area (Å²) < 4.78 is 4.96. The molecular formula is C11H16ClNO3. The number of alkyl halides is 1. The third-order valence-electron chi connectivity index (χ3n) is 2.40. The summed E-state index contributed by atoms with van der Waals surface area (Å²) in [5.41, 5.74) is 1.24. The van der Waals surface area contributed by atoms with Crippen LogP contribution in [0.3, 0.4) is 0 Å². The van der Waals surface area contributed by atoms with Gasteiger partial charge in [-0.05, 0) is 19.4 Å². The molecule has 1 aromatic heterocycles. The Hall–Kier alpha value is -0.840. The van der Waals surface area contributed by atoms with Crippen LogP contribution in [0.4, 0.5) is 0 Å². The molecule has 0 amide bonds. The van der Waals surface area contributed by atoms with Gasteiger partial charge >= 0.3 is 0 Å². The Bertz CT molecular complexity index is 346. The topological polar surface area (TPSA) is 62.6 Å². The Morgan fingerprint density at radius 1 is 1.44 bits per heavy atom. The van der Waals surface area contributed by atoms with Gasteiger partial charge in [0, 0.05) is 23.2 Å². The highest BCUT2D eigenvalue weighted by Crippen LogP contribution is 2.23. The molecule has 0 saturated heterocycles. The van der Waals surface area contributed by atoms with Crippen molar-refractivity contribution in [1.82, 2.24) is 4.98 Å². The van der Waals surface area contributed by atoms with Crippen LogP contribution in [0.5, 0.6) is 5.88 Å². The van der Waals surface area contributed by atoms with Crippen LogP contribution < -0.4 is 4.74 Å². The van der Waals surface area contributed by atoms with Gasteiger partial charge in [0.1, 0.15) is 6.10 Å². The van der Waals surface area contributed by atoms with Crippen molar-refractivity contribution in [2.75, 3.05) is 13.0 Å². The van der Waals surface area contributed by atoms with Gasteiger partial charge in [0.2, 0.25) is 5.88 Å². The Labute approximate surface area is 99.8 Å². The highest BCUT2D eigenvalue weighted by molar-refractivity contribution is 6.17. The van der Waals surface area contributed by atoms with Gasteiger partial charge in [0.25, 0.3) is 0 Å². The lowest BCUT2D eigenvalue weighted by atomic mass is 10.0. The Morgan fingerprint density at radius 2 is 2.12 bits per heavy atom. The van der Waals surface area contributed by atoms with Crippen molar-refractivity contribution in [2.24, 2.45) is 0 Å². The molecule has 1 rings (SSSR count). The minimum absolute atomic E-state index is 0.306. The number of hydrogen-bond donors (Lipinski definition) is 2. The van der Waals surface area contributed by atoms with Crippen molar-refractivity contribution in [2.45, 2.75) is 25.6 Å². The highest BCUT2D eigenvalue weighted by atomic mass is 35.5. The molecule has 4 nitrogen and oxygen atoms in total. The van der Waals surface area contributed by atoms with Gasteiger partial charge in [-0.15, -0.1) is 11.6 Å². The Balaban J connectivity index is 2.87. The second-order valence-corrected chi connectivity index (χ2v) is 3.90. The Morgan fingerprint density at radius 3 is 2.62 bits per heavy atom. The van der Waals surface area contributed by atoms with E-state index in [1.54, 1.807) is 19.1 Å². The standard InChI is InChI=1S/C11H16ClNO3/c1-7-8(3-4-10(13-7)16-2)11(15)9(14)5-6-12/h3-4,9,11,14-15H,5-6H2,1-2H3. The minimum Gasteiger partial charge on any atom is -0.481 e. The van der Waals surface area contributed by atoms with E-state index in [2.05, 4.69) is 4.98 Å². The van der Waals surface area contributed by atoms with Gasteiger partial charge in [0.15, 0.2) is 0 Å². The molecule has 1 aromatic rings. The van der Waals surface area contributed by atoms with Gasteiger partial charge in [0.05, 0.1) is 13.2 Å². The summed E-state index contributed by atoms with van der Waals surface area (Å²) in [4.78, 5) is 4.13. The second kappa shape index (κ2) is 6.03. The van der Waals surface area contributed by atoms with E-state index in [4.69, 9.17) is 16.3 Å². The summed E-state index contributed by atoms with van der Waals surface area (Å²) in [6.07, 6.45) is -1.49. The van der Waals surface area contributed by atoms with E-state index >= 15 is 0 Å². The summed E-state index contributed by atoms with van der Waals surface area (Å²) >= 11 is 5.51. The molecule has 0 aliphatic heterocycles. The lowest BCUT2D eigenvalue weighted by Crippen LogP contribution is -2.19. The molecule has 5 heteroatoms. The SMILES string of the molecule is COc1ccc(C(O)C(O)CCCl)c(C)n1. The molecule has 2 unspecified atom stereocenters. The first-order valence-electron chi connectivity index (χ1n) is 5.03. The molecule has 0 aliphatic rings. The van der Waals surface area contributed by atoms with Crippen LogP contribution in [0.2, 0.25) is 0 Å². The van der Waals surface area contributed by atoms with Gasteiger partial charge in [-0.3, -0.25) is 0 Å². The third-order valence-corrected chi connectivity index (χ3v) is 2.62. The first-order valence-corrected chi connectivity index (χ1v) is 5.57. The molecule has 0 radical (unpaired) electrons. The van der Waals surface area contributed by atoms with Gasteiger partial charge in [-0.2, -0.15) is 0 Å². The minimum atomic E-state index is -0.961. The molecule has 0 fully saturated rings. The average Bonchev–Trinajstić information content (AvgIpc) is 2.28. The molecule has 1 heterocycles. The largest absolute Gasteiger partial charge is 0.481 e. The summed E-state index contributed by atoms with van der Waals surface area (Å²) in [5.74, 6) is 0.793. The monoisotopic (exact) mass is 245 g/mol. The number of aliphatic hydroxyl groups excluding tert-OH is 2. The predicted octanol–water partition coefficient (Wildman–Crippen LogP) is 1.42. The van der Waals surface area contributed by atoms with Gasteiger partial charge < -0.3 is 14.9 Å². The number of halogens is 1. The fraction of sp³-hybridized carbons (Fsp3) is 0.545. The number of aromatic nitrogens is 1. The number of methoxy groups -OCH3 is 1. The van der Waals surface area contributed by atoms with Crippen LogP contribution in [0.25, 0.3) is 0 Å². The number of ether oxygens (including phenoxy) is 1. The maximum Gasteiger partial charge on any atom is 0.213 e. The lowest BCUT2D eigenvalue weighted by Gasteiger charge is -2.18. The quantitative estimate of drug-likeness (QED) is 0.771. The molecule has 0 aromatic carbocycles. The Kier molecular flexibility index (Phi) is 4.99. The number of aliphatic hydroxyl groups is 2. The highest BCUT2D eigenvalue weighted by Gasteiger charge is 2.20. The zero-order valence-corrected chi connectivity index (χ0v) is 10.1. The van der Waals surface area contributed by atoms with Crippen LogP contribution in [0, 0.1) is 6.92 Å². The molecular weight excluding hydrogens is 230 g/mol. The van der Waals surface area contributed by atoms with Crippen LogP contribution in [0.15, 0.2) is 12.1 Å². The van der Waals surface area contributed by atoms with Crippen LogP contribution in [0.1, 0.15) is 23.8 Å². The van der Waals surface area contributed by atoms with Crippen molar-refractivity contribution < 1.29 is 14.9 Å². The average molecular weight is 246 g/mol. The van der Waals surface area contributed by atoms with E-state index in [-0.39, 0.29) is 0 Å². The molecule has 90 valence electrons. The molecule has 0 saturated carbocycles. The van der Waals surface area contributed by atoms with Crippen molar-refractivity contribution >= 4 is 11.6 Å². The number of nitrogens with zero attached hydrogens (tertiary/aromatic N) is 1. The summed E-state index contributed by atoms with van der Waals surface area (Å²) in [6.45, 7) is 1.76. The summed E-state index contributed by atoms with van der Waals surface area (Å²) in [7, 11) is 1.53. The van der Waals surface area contributed by atoms with E-state index in [9.17, 15) is 10.2 Å². The van der Waals surface area contributed by atoms with Crippen molar-refractivity contribution in [3.63, 3.8) is 0 Å². The van der Waals surface area contributed by atoms with Gasteiger partial charge in [-0.1, -0.05) is 0 Å². The predicted molar refractivity (Wildman–Crippen MR) is 61.8 cm³/mol. The van der Waals surface area contributed by atoms with E-state index < -0.39 is 12.2 Å². The zero-order chi connectivity index (χ0) is 12.1. The van der Waals surface area contributed by atoms with Crippen LogP contribution >= 0.6 is 11.6 Å². The normalized spacial score (nSPS) is 14.6. The van der Waals surface area contributed by atoms with Crippen molar-refractivity contribution in [3.8, 4) is 5.88 Å². The number of pyridine rings is 1. The van der Waals surface area contributed by atoms with Crippen LogP contribution in [-0.2, 0) is 0 Å². The van der Waals surface area contributed by atoms with E-state index in [0.717, 1.165) is 0 Å². The molecule has 0 spiro atoms. The lowest BCUT2D eigenvalue weighted by molar-refractivity contribution is 0.0163. The molecule has 2 N–H and O–H groups in total. The van der Waals surface area contributed by atoms with E-state index in [0.29, 0.717) is 29.4 Å². The third kappa shape index (κ3) is 3.07. The maximum atomic E-state index is 9.88.